The third-order valence-corrected chi connectivity index (χ3v) is 7.76. The second kappa shape index (κ2) is 7.56. The summed E-state index contributed by atoms with van der Waals surface area (Å²) in [5.74, 6) is 1.40. The number of aliphatic imine (C=N–C) groups is 1. The second-order valence-electron chi connectivity index (χ2n) is 9.71. The first kappa shape index (κ1) is 21.4. The number of hydrogen-bond acceptors (Lipinski definition) is 3. The summed E-state index contributed by atoms with van der Waals surface area (Å²) in [4.78, 5) is 7.47. The molecule has 1 aliphatic carbocycles. The predicted octanol–water partition coefficient (Wildman–Crippen LogP) is 6.81. The SMILES string of the molecule is CCC12C[C@]1(CC)N=C(N(C(=N)C(C)C)c1ccc(C#N)cc1)c1cc3ccccc3cc12. The second-order valence-corrected chi connectivity index (χ2v) is 9.71. The standard InChI is InChI=1S/C29H30N4/c1-5-28-18-29(28,6-2)32-27(24-15-21-9-7-8-10-22(21)16-25(24)28)33(26(31)19(3)4)23-13-11-20(17-30)12-14-23/h7-16,19,31H,5-6,18H2,1-4H3/t28?,29-/m0/s1. The van der Waals surface area contributed by atoms with Crippen molar-refractivity contribution in [1.82, 2.24) is 0 Å². The number of nitriles is 1. The Balaban J connectivity index is 1.78. The summed E-state index contributed by atoms with van der Waals surface area (Å²) in [6.45, 7) is 8.62. The molecule has 1 fully saturated rings. The highest BCUT2D eigenvalue weighted by Gasteiger charge is 2.69. The number of rotatable bonds is 4. The van der Waals surface area contributed by atoms with Gasteiger partial charge in [-0.15, -0.1) is 0 Å². The van der Waals surface area contributed by atoms with Crippen LogP contribution in [0.15, 0.2) is 65.7 Å². The van der Waals surface area contributed by atoms with Crippen molar-refractivity contribution in [2.45, 2.75) is 57.9 Å². The minimum atomic E-state index is -0.116. The van der Waals surface area contributed by atoms with Crippen molar-refractivity contribution in [3.05, 3.63) is 77.4 Å². The Labute approximate surface area is 196 Å². The molecule has 0 amide bonds. The molecule has 3 aromatic rings. The lowest BCUT2D eigenvalue weighted by molar-refractivity contribution is 0.498. The van der Waals surface area contributed by atoms with Gasteiger partial charge in [0.2, 0.25) is 0 Å². The van der Waals surface area contributed by atoms with Gasteiger partial charge < -0.3 is 0 Å². The van der Waals surface area contributed by atoms with Crippen molar-refractivity contribution in [2.24, 2.45) is 10.9 Å². The molecule has 1 N–H and O–H groups in total. The van der Waals surface area contributed by atoms with Gasteiger partial charge in [0.1, 0.15) is 11.7 Å². The number of fused-ring (bicyclic) bond motifs is 4. The van der Waals surface area contributed by atoms with Crippen LogP contribution in [0.2, 0.25) is 0 Å². The van der Waals surface area contributed by atoms with E-state index in [0.29, 0.717) is 11.4 Å². The number of amidine groups is 2. The molecule has 1 heterocycles. The van der Waals surface area contributed by atoms with E-state index in [1.54, 1.807) is 0 Å². The van der Waals surface area contributed by atoms with Crippen molar-refractivity contribution in [1.29, 1.82) is 10.7 Å². The Morgan fingerprint density at radius 1 is 1.06 bits per heavy atom. The van der Waals surface area contributed by atoms with Gasteiger partial charge in [-0.1, -0.05) is 52.0 Å². The van der Waals surface area contributed by atoms with Crippen molar-refractivity contribution >= 4 is 28.1 Å². The summed E-state index contributed by atoms with van der Waals surface area (Å²) in [6, 6.07) is 22.9. The number of anilines is 1. The molecule has 1 aliphatic heterocycles. The van der Waals surface area contributed by atoms with Crippen LogP contribution in [0.5, 0.6) is 0 Å². The van der Waals surface area contributed by atoms with Gasteiger partial charge in [-0.25, -0.2) is 0 Å². The van der Waals surface area contributed by atoms with Gasteiger partial charge in [0.15, 0.2) is 0 Å². The fourth-order valence-electron chi connectivity index (χ4n) is 5.71. The first-order valence-electron chi connectivity index (χ1n) is 11.9. The van der Waals surface area contributed by atoms with Gasteiger partial charge in [0, 0.05) is 22.6 Å². The Morgan fingerprint density at radius 3 is 2.30 bits per heavy atom. The lowest BCUT2D eigenvalue weighted by atomic mass is 9.80. The molecule has 0 radical (unpaired) electrons. The summed E-state index contributed by atoms with van der Waals surface area (Å²) >= 11 is 0. The van der Waals surface area contributed by atoms with Crippen molar-refractivity contribution in [3.63, 3.8) is 0 Å². The Kier molecular flexibility index (Phi) is 4.90. The van der Waals surface area contributed by atoms with E-state index in [1.165, 1.54) is 16.3 Å². The molecule has 1 unspecified atom stereocenters. The Morgan fingerprint density at radius 2 is 1.73 bits per heavy atom. The zero-order valence-corrected chi connectivity index (χ0v) is 19.8. The quantitative estimate of drug-likeness (QED) is 0.362. The molecule has 0 aromatic heterocycles. The van der Waals surface area contributed by atoms with Crippen LogP contribution in [0.1, 0.15) is 63.6 Å². The lowest BCUT2D eigenvalue weighted by Gasteiger charge is -2.36. The highest BCUT2D eigenvalue weighted by atomic mass is 15.3. The van der Waals surface area contributed by atoms with Crippen LogP contribution in [0.4, 0.5) is 5.69 Å². The number of benzene rings is 3. The topological polar surface area (TPSA) is 63.2 Å². The first-order valence-corrected chi connectivity index (χ1v) is 11.9. The number of hydrogen-bond donors (Lipinski definition) is 1. The molecule has 2 aliphatic rings. The largest absolute Gasteiger partial charge is 0.288 e. The molecular weight excluding hydrogens is 404 g/mol. The minimum Gasteiger partial charge on any atom is -0.288 e. The maximum Gasteiger partial charge on any atom is 0.141 e. The fourth-order valence-corrected chi connectivity index (χ4v) is 5.71. The van der Waals surface area contributed by atoms with Crippen molar-refractivity contribution < 1.29 is 0 Å². The maximum absolute atomic E-state index is 9.28. The Hall–Kier alpha value is -3.45. The average Bonchev–Trinajstić information content (AvgIpc) is 3.53. The van der Waals surface area contributed by atoms with Gasteiger partial charge in [-0.05, 0) is 72.0 Å². The molecule has 5 rings (SSSR count). The highest BCUT2D eigenvalue weighted by Crippen LogP contribution is 2.67. The summed E-state index contributed by atoms with van der Waals surface area (Å²) in [5, 5.41) is 20.8. The molecule has 0 bridgehead atoms. The maximum atomic E-state index is 9.28. The van der Waals surface area contributed by atoms with Crippen LogP contribution < -0.4 is 4.90 Å². The van der Waals surface area contributed by atoms with Crippen LogP contribution in [-0.2, 0) is 5.41 Å². The fraction of sp³-hybridized carbons (Fsp3) is 0.345. The molecule has 4 heteroatoms. The molecule has 0 spiro atoms. The molecule has 2 atom stereocenters. The third kappa shape index (κ3) is 3.03. The monoisotopic (exact) mass is 434 g/mol. The van der Waals surface area contributed by atoms with Gasteiger partial charge >= 0.3 is 0 Å². The van der Waals surface area contributed by atoms with Crippen LogP contribution in [-0.4, -0.2) is 17.2 Å². The summed E-state index contributed by atoms with van der Waals surface area (Å²) < 4.78 is 0. The summed E-state index contributed by atoms with van der Waals surface area (Å²) in [6.07, 6.45) is 3.09. The smallest absolute Gasteiger partial charge is 0.141 e. The third-order valence-electron chi connectivity index (χ3n) is 7.76. The molecule has 0 saturated heterocycles. The molecule has 4 nitrogen and oxygen atoms in total. The van der Waals surface area contributed by atoms with Crippen molar-refractivity contribution in [3.8, 4) is 6.07 Å². The number of nitrogens with zero attached hydrogens (tertiary/aromatic N) is 3. The van der Waals surface area contributed by atoms with Crippen LogP contribution in [0.25, 0.3) is 10.8 Å². The van der Waals surface area contributed by atoms with E-state index in [1.807, 2.05) is 43.0 Å². The minimum absolute atomic E-state index is 0.0295. The average molecular weight is 435 g/mol. The zero-order chi connectivity index (χ0) is 23.4. The van der Waals surface area contributed by atoms with E-state index >= 15 is 0 Å². The van der Waals surface area contributed by atoms with Crippen LogP contribution >= 0.6 is 0 Å². The zero-order valence-electron chi connectivity index (χ0n) is 19.8. The molecule has 166 valence electrons. The van der Waals surface area contributed by atoms with Gasteiger partial charge in [-0.3, -0.25) is 15.3 Å². The highest BCUT2D eigenvalue weighted by molar-refractivity contribution is 6.26. The van der Waals surface area contributed by atoms with E-state index in [4.69, 9.17) is 10.4 Å². The molecular formula is C29H30N4. The van der Waals surface area contributed by atoms with E-state index in [-0.39, 0.29) is 16.9 Å². The van der Waals surface area contributed by atoms with Gasteiger partial charge in [0.25, 0.3) is 0 Å². The normalized spacial score (nSPS) is 22.8. The summed E-state index contributed by atoms with van der Waals surface area (Å²) in [7, 11) is 0. The van der Waals surface area contributed by atoms with Gasteiger partial charge in [0.05, 0.1) is 17.2 Å². The Bertz CT molecular complexity index is 1330. The summed E-state index contributed by atoms with van der Waals surface area (Å²) in [5.41, 5.74) is 3.94. The predicted molar refractivity (Wildman–Crippen MR) is 136 cm³/mol. The van der Waals surface area contributed by atoms with Crippen LogP contribution in [0.3, 0.4) is 0 Å². The molecule has 3 aromatic carbocycles. The van der Waals surface area contributed by atoms with E-state index < -0.39 is 0 Å². The van der Waals surface area contributed by atoms with Crippen LogP contribution in [0, 0.1) is 22.7 Å². The van der Waals surface area contributed by atoms with E-state index in [0.717, 1.165) is 36.3 Å². The van der Waals surface area contributed by atoms with E-state index in [9.17, 15) is 5.26 Å². The van der Waals surface area contributed by atoms with Crippen molar-refractivity contribution in [2.75, 3.05) is 4.90 Å². The van der Waals surface area contributed by atoms with Gasteiger partial charge in [-0.2, -0.15) is 5.26 Å². The number of nitrogens with one attached hydrogen (secondary N) is 1. The molecule has 33 heavy (non-hydrogen) atoms. The van der Waals surface area contributed by atoms with E-state index in [2.05, 4.69) is 56.3 Å². The molecule has 1 saturated carbocycles. The lowest BCUT2D eigenvalue weighted by Crippen LogP contribution is -2.44. The first-order chi connectivity index (χ1) is 15.9.